The van der Waals surface area contributed by atoms with Crippen LogP contribution in [0.2, 0.25) is 0 Å². The Morgan fingerprint density at radius 2 is 2.19 bits per heavy atom. The highest BCUT2D eigenvalue weighted by atomic mass is 79.9. The molecule has 6 heteroatoms. The fourth-order valence-electron chi connectivity index (χ4n) is 2.73. The third-order valence-corrected chi connectivity index (χ3v) is 4.77. The maximum atomic E-state index is 13.2. The van der Waals surface area contributed by atoms with E-state index in [2.05, 4.69) is 15.9 Å². The summed E-state index contributed by atoms with van der Waals surface area (Å²) < 4.78 is 13.5. The lowest BCUT2D eigenvalue weighted by Gasteiger charge is -2.39. The van der Waals surface area contributed by atoms with Gasteiger partial charge in [0, 0.05) is 18.7 Å². The van der Waals surface area contributed by atoms with Crippen molar-refractivity contribution in [1.82, 2.24) is 4.90 Å². The Kier molecular flexibility index (Phi) is 4.66. The molecule has 114 valence electrons. The van der Waals surface area contributed by atoms with E-state index in [-0.39, 0.29) is 16.9 Å². The van der Waals surface area contributed by atoms with Crippen LogP contribution in [-0.4, -0.2) is 35.0 Å². The number of nitrogens with zero attached hydrogens (tertiary/aromatic N) is 1. The summed E-state index contributed by atoms with van der Waals surface area (Å²) in [5.41, 5.74) is -0.508. The number of rotatable bonds is 3. The number of hydrogen-bond acceptors (Lipinski definition) is 2. The van der Waals surface area contributed by atoms with E-state index in [1.807, 2.05) is 6.92 Å². The zero-order chi connectivity index (χ0) is 15.6. The van der Waals surface area contributed by atoms with Crippen molar-refractivity contribution >= 4 is 27.8 Å². The van der Waals surface area contributed by atoms with Crippen LogP contribution in [0.4, 0.5) is 4.39 Å². The van der Waals surface area contributed by atoms with Crippen LogP contribution >= 0.6 is 15.9 Å². The van der Waals surface area contributed by atoms with Crippen LogP contribution in [0.3, 0.4) is 0 Å². The van der Waals surface area contributed by atoms with E-state index in [0.717, 1.165) is 0 Å². The second-order valence-electron chi connectivity index (χ2n) is 5.40. The average Bonchev–Trinajstić information content (AvgIpc) is 2.49. The third-order valence-electron chi connectivity index (χ3n) is 4.16. The number of aliphatic carboxylic acids is 1. The number of halogens is 2. The molecule has 21 heavy (non-hydrogen) atoms. The van der Waals surface area contributed by atoms with Crippen LogP contribution in [0.15, 0.2) is 22.7 Å². The first-order valence-electron chi connectivity index (χ1n) is 6.87. The molecule has 1 N–H and O–H groups in total. The van der Waals surface area contributed by atoms with Crippen molar-refractivity contribution < 1.29 is 19.1 Å². The molecule has 1 amide bonds. The first kappa shape index (κ1) is 15.9. The fourth-order valence-corrected chi connectivity index (χ4v) is 3.11. The van der Waals surface area contributed by atoms with E-state index in [0.29, 0.717) is 31.4 Å². The van der Waals surface area contributed by atoms with Crippen LogP contribution < -0.4 is 0 Å². The minimum atomic E-state index is -0.870. The summed E-state index contributed by atoms with van der Waals surface area (Å²) in [6.07, 6.45) is 1.73. The number of carboxylic acids is 1. The summed E-state index contributed by atoms with van der Waals surface area (Å²) in [5, 5.41) is 9.44. The van der Waals surface area contributed by atoms with Gasteiger partial charge >= 0.3 is 5.97 Å². The summed E-state index contributed by atoms with van der Waals surface area (Å²) >= 11 is 3.06. The molecule has 1 aliphatic heterocycles. The van der Waals surface area contributed by atoms with Crippen LogP contribution in [0.1, 0.15) is 36.5 Å². The predicted molar refractivity (Wildman–Crippen MR) is 79.6 cm³/mol. The van der Waals surface area contributed by atoms with Crippen molar-refractivity contribution in [2.24, 2.45) is 5.41 Å². The number of carbonyl (C=O) groups excluding carboxylic acids is 1. The molecule has 0 aliphatic carbocycles. The highest BCUT2D eigenvalue weighted by molar-refractivity contribution is 9.10. The highest BCUT2D eigenvalue weighted by Crippen LogP contribution is 2.34. The Labute approximate surface area is 131 Å². The topological polar surface area (TPSA) is 57.6 Å². The molecule has 4 nitrogen and oxygen atoms in total. The van der Waals surface area contributed by atoms with Gasteiger partial charge in [-0.15, -0.1) is 0 Å². The van der Waals surface area contributed by atoms with E-state index in [9.17, 15) is 19.1 Å². The van der Waals surface area contributed by atoms with Gasteiger partial charge in [-0.3, -0.25) is 9.59 Å². The molecule has 1 fully saturated rings. The molecule has 0 bridgehead atoms. The number of carboxylic acid groups (broad SMARTS) is 1. The summed E-state index contributed by atoms with van der Waals surface area (Å²) in [5.74, 6) is -1.55. The lowest BCUT2D eigenvalue weighted by molar-refractivity contribution is -0.152. The Morgan fingerprint density at radius 3 is 2.76 bits per heavy atom. The molecule has 0 aromatic heterocycles. The first-order valence-corrected chi connectivity index (χ1v) is 7.66. The minimum Gasteiger partial charge on any atom is -0.481 e. The van der Waals surface area contributed by atoms with Crippen molar-refractivity contribution in [3.05, 3.63) is 34.1 Å². The second kappa shape index (κ2) is 6.13. The number of amides is 1. The zero-order valence-corrected chi connectivity index (χ0v) is 13.3. The van der Waals surface area contributed by atoms with Gasteiger partial charge in [0.25, 0.3) is 5.91 Å². The molecule has 1 heterocycles. The van der Waals surface area contributed by atoms with Gasteiger partial charge in [-0.05, 0) is 53.4 Å². The Hall–Kier alpha value is -1.43. The molecule has 0 saturated carbocycles. The van der Waals surface area contributed by atoms with Gasteiger partial charge in [-0.2, -0.15) is 0 Å². The fraction of sp³-hybridized carbons (Fsp3) is 0.467. The average molecular weight is 358 g/mol. The molecular formula is C15H17BrFNO3. The third kappa shape index (κ3) is 3.10. The van der Waals surface area contributed by atoms with Gasteiger partial charge in [0.15, 0.2) is 0 Å². The van der Waals surface area contributed by atoms with Crippen LogP contribution in [0.25, 0.3) is 0 Å². The first-order chi connectivity index (χ1) is 9.89. The van der Waals surface area contributed by atoms with Crippen molar-refractivity contribution in [2.75, 3.05) is 13.1 Å². The van der Waals surface area contributed by atoms with Gasteiger partial charge in [-0.1, -0.05) is 6.92 Å². The van der Waals surface area contributed by atoms with Crippen molar-refractivity contribution in [3.8, 4) is 0 Å². The Bertz CT molecular complexity index is 578. The quantitative estimate of drug-likeness (QED) is 0.902. The number of likely N-dealkylation sites (tertiary alicyclic amines) is 1. The number of hydrogen-bond donors (Lipinski definition) is 1. The van der Waals surface area contributed by atoms with Gasteiger partial charge in [0.1, 0.15) is 5.82 Å². The lowest BCUT2D eigenvalue weighted by atomic mass is 9.77. The van der Waals surface area contributed by atoms with Gasteiger partial charge in [-0.25, -0.2) is 4.39 Å². The second-order valence-corrected chi connectivity index (χ2v) is 6.25. The minimum absolute atomic E-state index is 0.201. The molecule has 1 atom stereocenters. The Balaban J connectivity index is 2.22. The van der Waals surface area contributed by atoms with Gasteiger partial charge < -0.3 is 10.0 Å². The summed E-state index contributed by atoms with van der Waals surface area (Å²) in [6.45, 7) is 2.56. The molecule has 1 aromatic carbocycles. The van der Waals surface area contributed by atoms with Gasteiger partial charge in [0.2, 0.25) is 0 Å². The van der Waals surface area contributed by atoms with E-state index < -0.39 is 17.2 Å². The van der Waals surface area contributed by atoms with Crippen molar-refractivity contribution in [2.45, 2.75) is 26.2 Å². The lowest BCUT2D eigenvalue weighted by Crippen LogP contribution is -2.49. The number of benzene rings is 1. The molecule has 1 aromatic rings. The number of piperidine rings is 1. The van der Waals surface area contributed by atoms with E-state index >= 15 is 0 Å². The molecule has 0 radical (unpaired) electrons. The zero-order valence-electron chi connectivity index (χ0n) is 11.7. The van der Waals surface area contributed by atoms with E-state index in [1.54, 1.807) is 4.90 Å². The van der Waals surface area contributed by atoms with Crippen LogP contribution in [0, 0.1) is 11.2 Å². The molecular weight excluding hydrogens is 341 g/mol. The van der Waals surface area contributed by atoms with E-state index in [4.69, 9.17) is 0 Å². The summed E-state index contributed by atoms with van der Waals surface area (Å²) in [7, 11) is 0. The standard InChI is InChI=1S/C15H17BrFNO3/c1-2-15(14(20)21)6-3-7-18(9-15)13(19)10-4-5-12(17)11(16)8-10/h4-5,8H,2-3,6-7,9H2,1H3,(H,20,21). The molecule has 0 spiro atoms. The molecule has 2 rings (SSSR count). The summed E-state index contributed by atoms with van der Waals surface area (Å²) in [4.78, 5) is 25.6. The maximum Gasteiger partial charge on any atom is 0.311 e. The molecule has 1 aliphatic rings. The van der Waals surface area contributed by atoms with Gasteiger partial charge in [0.05, 0.1) is 9.89 Å². The van der Waals surface area contributed by atoms with Crippen LogP contribution in [-0.2, 0) is 4.79 Å². The normalized spacial score (nSPS) is 22.1. The summed E-state index contributed by atoms with van der Waals surface area (Å²) in [6, 6.07) is 4.08. The molecule has 1 unspecified atom stereocenters. The Morgan fingerprint density at radius 1 is 1.48 bits per heavy atom. The predicted octanol–water partition coefficient (Wildman–Crippen LogP) is 3.31. The monoisotopic (exact) mass is 357 g/mol. The van der Waals surface area contributed by atoms with Crippen molar-refractivity contribution in [3.63, 3.8) is 0 Å². The maximum absolute atomic E-state index is 13.2. The molecule has 1 saturated heterocycles. The van der Waals surface area contributed by atoms with Crippen molar-refractivity contribution in [1.29, 1.82) is 0 Å². The smallest absolute Gasteiger partial charge is 0.311 e. The van der Waals surface area contributed by atoms with Crippen LogP contribution in [0.5, 0.6) is 0 Å². The highest BCUT2D eigenvalue weighted by Gasteiger charge is 2.42. The SMILES string of the molecule is CCC1(C(=O)O)CCCN(C(=O)c2ccc(F)c(Br)c2)C1. The number of carbonyl (C=O) groups is 2. The largest absolute Gasteiger partial charge is 0.481 e. The van der Waals surface area contributed by atoms with E-state index in [1.165, 1.54) is 18.2 Å².